The Labute approximate surface area is 124 Å². The fraction of sp³-hybridized carbons (Fsp3) is 0.353. The number of fused-ring (bicyclic) bond motifs is 1. The molecule has 2 heterocycles. The Kier molecular flexibility index (Phi) is 3.62. The molecule has 0 bridgehead atoms. The van der Waals surface area contributed by atoms with E-state index in [1.54, 1.807) is 11.3 Å². The summed E-state index contributed by atoms with van der Waals surface area (Å²) in [7, 11) is 0. The van der Waals surface area contributed by atoms with Crippen molar-refractivity contribution < 1.29 is 4.79 Å². The van der Waals surface area contributed by atoms with Gasteiger partial charge < -0.3 is 4.90 Å². The van der Waals surface area contributed by atoms with Crippen molar-refractivity contribution in [1.82, 2.24) is 4.90 Å². The first-order chi connectivity index (χ1) is 9.66. The third-order valence-electron chi connectivity index (χ3n) is 3.73. The molecule has 104 valence electrons. The van der Waals surface area contributed by atoms with Gasteiger partial charge in [-0.05, 0) is 35.4 Å². The lowest BCUT2D eigenvalue weighted by Gasteiger charge is -2.37. The highest BCUT2D eigenvalue weighted by Crippen LogP contribution is 2.35. The van der Waals surface area contributed by atoms with Gasteiger partial charge >= 0.3 is 0 Å². The second kappa shape index (κ2) is 5.41. The van der Waals surface area contributed by atoms with Gasteiger partial charge in [-0.15, -0.1) is 11.3 Å². The van der Waals surface area contributed by atoms with Gasteiger partial charge in [-0.3, -0.25) is 4.79 Å². The Balaban J connectivity index is 2.02. The molecule has 1 aromatic carbocycles. The number of carbonyl (C=O) groups is 1. The molecule has 1 aromatic heterocycles. The summed E-state index contributed by atoms with van der Waals surface area (Å²) < 4.78 is 0. The Morgan fingerprint density at radius 1 is 1.25 bits per heavy atom. The molecule has 3 rings (SSSR count). The average molecular weight is 285 g/mol. The fourth-order valence-corrected chi connectivity index (χ4v) is 3.70. The van der Waals surface area contributed by atoms with Crippen molar-refractivity contribution in [1.29, 1.82) is 0 Å². The van der Waals surface area contributed by atoms with Crippen molar-refractivity contribution in [3.05, 3.63) is 57.8 Å². The molecule has 20 heavy (non-hydrogen) atoms. The number of nitrogens with zero attached hydrogens (tertiary/aromatic N) is 1. The van der Waals surface area contributed by atoms with E-state index in [1.807, 2.05) is 18.2 Å². The van der Waals surface area contributed by atoms with Crippen molar-refractivity contribution in [2.45, 2.75) is 26.3 Å². The molecule has 1 amide bonds. The average Bonchev–Trinajstić information content (AvgIpc) is 2.95. The van der Waals surface area contributed by atoms with Crippen LogP contribution in [-0.2, 0) is 6.42 Å². The van der Waals surface area contributed by atoms with E-state index < -0.39 is 0 Å². The van der Waals surface area contributed by atoms with Crippen LogP contribution in [0.2, 0.25) is 0 Å². The van der Waals surface area contributed by atoms with E-state index in [-0.39, 0.29) is 11.9 Å². The summed E-state index contributed by atoms with van der Waals surface area (Å²) in [6.45, 7) is 5.15. The summed E-state index contributed by atoms with van der Waals surface area (Å²) in [5.74, 6) is 0.658. The molecule has 2 aromatic rings. The number of rotatable bonds is 3. The van der Waals surface area contributed by atoms with Crippen molar-refractivity contribution in [2.75, 3.05) is 6.54 Å². The van der Waals surface area contributed by atoms with Crippen LogP contribution in [0.3, 0.4) is 0 Å². The minimum Gasteiger partial charge on any atom is -0.330 e. The Hall–Kier alpha value is -1.61. The van der Waals surface area contributed by atoms with Crippen LogP contribution in [0.1, 0.15) is 40.7 Å². The van der Waals surface area contributed by atoms with Crippen LogP contribution in [0, 0.1) is 5.92 Å². The number of thiophene rings is 1. The van der Waals surface area contributed by atoms with Crippen molar-refractivity contribution >= 4 is 17.2 Å². The Morgan fingerprint density at radius 3 is 2.75 bits per heavy atom. The number of benzene rings is 1. The minimum absolute atomic E-state index is 0.180. The van der Waals surface area contributed by atoms with Crippen molar-refractivity contribution in [2.24, 2.45) is 5.92 Å². The first kappa shape index (κ1) is 13.4. The van der Waals surface area contributed by atoms with Gasteiger partial charge in [-0.25, -0.2) is 0 Å². The van der Waals surface area contributed by atoms with E-state index in [4.69, 9.17) is 0 Å². The zero-order valence-corrected chi connectivity index (χ0v) is 12.7. The normalized spacial score (nSPS) is 18.4. The topological polar surface area (TPSA) is 20.3 Å². The maximum absolute atomic E-state index is 12.8. The first-order valence-electron chi connectivity index (χ1n) is 7.09. The van der Waals surface area contributed by atoms with E-state index in [0.29, 0.717) is 5.92 Å². The second-order valence-electron chi connectivity index (χ2n) is 5.74. The van der Waals surface area contributed by atoms with E-state index in [9.17, 15) is 4.79 Å². The van der Waals surface area contributed by atoms with Crippen LogP contribution >= 0.6 is 11.3 Å². The van der Waals surface area contributed by atoms with Crippen molar-refractivity contribution in [3.63, 3.8) is 0 Å². The van der Waals surface area contributed by atoms with Gasteiger partial charge in [0.15, 0.2) is 0 Å². The lowest BCUT2D eigenvalue weighted by Crippen LogP contribution is -2.42. The van der Waals surface area contributed by atoms with Crippen LogP contribution in [0.5, 0.6) is 0 Å². The molecule has 1 aliphatic rings. The summed E-state index contributed by atoms with van der Waals surface area (Å²) in [6.07, 6.45) is 0.926. The summed E-state index contributed by atoms with van der Waals surface area (Å²) in [6, 6.07) is 12.4. The molecule has 0 aliphatic carbocycles. The second-order valence-corrected chi connectivity index (χ2v) is 6.72. The maximum Gasteiger partial charge on any atom is 0.254 e. The summed E-state index contributed by atoms with van der Waals surface area (Å²) >= 11 is 1.74. The van der Waals surface area contributed by atoms with Crippen LogP contribution in [-0.4, -0.2) is 17.4 Å². The smallest absolute Gasteiger partial charge is 0.254 e. The maximum atomic E-state index is 12.8. The lowest BCUT2D eigenvalue weighted by molar-refractivity contribution is 0.0623. The van der Waals surface area contributed by atoms with Crippen LogP contribution in [0.15, 0.2) is 41.8 Å². The summed E-state index contributed by atoms with van der Waals surface area (Å²) in [4.78, 5) is 16.1. The third-order valence-corrected chi connectivity index (χ3v) is 4.71. The number of amides is 1. The van der Waals surface area contributed by atoms with E-state index in [1.165, 1.54) is 10.4 Å². The van der Waals surface area contributed by atoms with Crippen LogP contribution < -0.4 is 0 Å². The highest BCUT2D eigenvalue weighted by Gasteiger charge is 2.33. The predicted octanol–water partition coefficient (Wildman–Crippen LogP) is 4.14. The summed E-state index contributed by atoms with van der Waals surface area (Å²) in [5, 5.41) is 2.09. The highest BCUT2D eigenvalue weighted by atomic mass is 32.1. The molecule has 3 heteroatoms. The molecule has 2 nitrogen and oxygen atoms in total. The molecule has 1 unspecified atom stereocenters. The number of hydrogen-bond acceptors (Lipinski definition) is 2. The lowest BCUT2D eigenvalue weighted by atomic mass is 9.92. The Morgan fingerprint density at radius 2 is 2.05 bits per heavy atom. The van der Waals surface area contributed by atoms with Gasteiger partial charge in [0.2, 0.25) is 0 Å². The highest BCUT2D eigenvalue weighted by molar-refractivity contribution is 7.10. The van der Waals surface area contributed by atoms with Gasteiger partial charge in [0.1, 0.15) is 0 Å². The zero-order valence-electron chi connectivity index (χ0n) is 11.9. The predicted molar refractivity (Wildman–Crippen MR) is 83.1 cm³/mol. The zero-order chi connectivity index (χ0) is 14.1. The summed E-state index contributed by atoms with van der Waals surface area (Å²) in [5.41, 5.74) is 2.05. The number of hydrogen-bond donors (Lipinski definition) is 0. The van der Waals surface area contributed by atoms with Crippen LogP contribution in [0.25, 0.3) is 0 Å². The van der Waals surface area contributed by atoms with Gasteiger partial charge in [0, 0.05) is 17.0 Å². The molecule has 1 aliphatic heterocycles. The molecular formula is C17H19NOS. The van der Waals surface area contributed by atoms with Crippen molar-refractivity contribution in [3.8, 4) is 0 Å². The molecular weight excluding hydrogens is 266 g/mol. The standard InChI is InChI=1S/C17H19NOS/c1-12(2)11-18-15(16-8-5-9-20-16)10-13-6-3-4-7-14(13)17(18)19/h3-9,12,15H,10-11H2,1-2H3. The van der Waals surface area contributed by atoms with E-state index in [2.05, 4.69) is 42.3 Å². The van der Waals surface area contributed by atoms with Gasteiger partial charge in [-0.1, -0.05) is 38.1 Å². The molecule has 0 radical (unpaired) electrons. The molecule has 0 fully saturated rings. The quantitative estimate of drug-likeness (QED) is 0.830. The van der Waals surface area contributed by atoms with Crippen LogP contribution in [0.4, 0.5) is 0 Å². The number of carbonyl (C=O) groups excluding carboxylic acids is 1. The van der Waals surface area contributed by atoms with Gasteiger partial charge in [-0.2, -0.15) is 0 Å². The van der Waals surface area contributed by atoms with E-state index in [0.717, 1.165) is 18.5 Å². The molecule has 0 saturated carbocycles. The van der Waals surface area contributed by atoms with Gasteiger partial charge in [0.25, 0.3) is 5.91 Å². The molecule has 0 saturated heterocycles. The monoisotopic (exact) mass is 285 g/mol. The molecule has 0 N–H and O–H groups in total. The first-order valence-corrected chi connectivity index (χ1v) is 7.97. The SMILES string of the molecule is CC(C)CN1C(=O)c2ccccc2CC1c1cccs1. The largest absolute Gasteiger partial charge is 0.330 e. The van der Waals surface area contributed by atoms with E-state index >= 15 is 0 Å². The Bertz CT molecular complexity index is 603. The third kappa shape index (κ3) is 2.38. The molecule has 0 spiro atoms. The molecule has 1 atom stereocenters. The minimum atomic E-state index is 0.180. The van der Waals surface area contributed by atoms with Gasteiger partial charge in [0.05, 0.1) is 6.04 Å². The fourth-order valence-electron chi connectivity index (χ4n) is 2.86.